The lowest BCUT2D eigenvalue weighted by Gasteiger charge is -2.27. The van der Waals surface area contributed by atoms with Gasteiger partial charge in [-0.05, 0) is 25.0 Å². The van der Waals surface area contributed by atoms with Crippen LogP contribution in [0.1, 0.15) is 18.9 Å². The number of halogens is 1. The normalized spacial score (nSPS) is 13.4. The number of ether oxygens (including phenoxy) is 1. The lowest BCUT2D eigenvalue weighted by atomic mass is 9.77. The molecule has 0 heterocycles. The van der Waals surface area contributed by atoms with Crippen molar-refractivity contribution < 1.29 is 19.4 Å². The van der Waals surface area contributed by atoms with Gasteiger partial charge in [-0.2, -0.15) is 0 Å². The van der Waals surface area contributed by atoms with Crippen molar-refractivity contribution >= 4 is 23.5 Å². The summed E-state index contributed by atoms with van der Waals surface area (Å²) in [4.78, 5) is 23.8. The molecule has 1 aromatic rings. The first-order chi connectivity index (χ1) is 9.00. The molecule has 1 rings (SSSR count). The van der Waals surface area contributed by atoms with Gasteiger partial charge >= 0.3 is 11.9 Å². The summed E-state index contributed by atoms with van der Waals surface area (Å²) in [6.07, 6.45) is 1.28. The van der Waals surface area contributed by atoms with Crippen LogP contribution in [-0.4, -0.2) is 23.7 Å². The zero-order chi connectivity index (χ0) is 14.5. The van der Waals surface area contributed by atoms with E-state index >= 15 is 0 Å². The minimum absolute atomic E-state index is 0.0924. The number of carbonyl (C=O) groups excluding carboxylic acids is 1. The first-order valence-electron chi connectivity index (χ1n) is 5.77. The molecule has 0 spiro atoms. The minimum Gasteiger partial charge on any atom is -0.480 e. The van der Waals surface area contributed by atoms with E-state index in [4.69, 9.17) is 16.3 Å². The van der Waals surface area contributed by atoms with Crippen LogP contribution in [0.5, 0.6) is 0 Å². The molecule has 0 aliphatic heterocycles. The SMILES string of the molecule is C=CCC(C(=O)O)(C(=O)OCC)c1ccccc1Cl. The standard InChI is InChI=1S/C14H15ClO4/c1-3-9-14(12(16)17,13(18)19-4-2)10-7-5-6-8-11(10)15/h3,5-8H,1,4,9H2,2H3,(H,16,17). The highest BCUT2D eigenvalue weighted by molar-refractivity contribution is 6.32. The highest BCUT2D eigenvalue weighted by Crippen LogP contribution is 2.35. The van der Waals surface area contributed by atoms with Crippen LogP contribution in [0.25, 0.3) is 0 Å². The van der Waals surface area contributed by atoms with Crippen molar-refractivity contribution in [2.24, 2.45) is 0 Å². The predicted molar refractivity (Wildman–Crippen MR) is 72.2 cm³/mol. The number of carboxylic acids is 1. The molecule has 0 bridgehead atoms. The molecular weight excluding hydrogens is 268 g/mol. The van der Waals surface area contributed by atoms with E-state index < -0.39 is 17.4 Å². The number of hydrogen-bond donors (Lipinski definition) is 1. The number of benzene rings is 1. The number of allylic oxidation sites excluding steroid dienone is 1. The molecule has 0 aliphatic rings. The molecule has 0 saturated carbocycles. The zero-order valence-corrected chi connectivity index (χ0v) is 11.3. The van der Waals surface area contributed by atoms with E-state index in [0.717, 1.165) is 0 Å². The van der Waals surface area contributed by atoms with Crippen molar-refractivity contribution in [2.75, 3.05) is 6.61 Å². The van der Waals surface area contributed by atoms with Gasteiger partial charge in [0.05, 0.1) is 6.61 Å². The van der Waals surface area contributed by atoms with Crippen molar-refractivity contribution in [2.45, 2.75) is 18.8 Å². The molecule has 0 amide bonds. The van der Waals surface area contributed by atoms with E-state index in [0.29, 0.717) is 0 Å². The maximum Gasteiger partial charge on any atom is 0.328 e. The van der Waals surface area contributed by atoms with Crippen molar-refractivity contribution in [1.29, 1.82) is 0 Å². The van der Waals surface area contributed by atoms with Crippen molar-refractivity contribution in [3.8, 4) is 0 Å². The van der Waals surface area contributed by atoms with Crippen LogP contribution in [-0.2, 0) is 19.7 Å². The number of rotatable bonds is 6. The summed E-state index contributed by atoms with van der Waals surface area (Å²) in [5, 5.41) is 9.73. The summed E-state index contributed by atoms with van der Waals surface area (Å²) in [6, 6.07) is 6.34. The van der Waals surface area contributed by atoms with Crippen LogP contribution in [0.15, 0.2) is 36.9 Å². The second kappa shape index (κ2) is 6.38. The molecule has 0 fully saturated rings. The average Bonchev–Trinajstić information content (AvgIpc) is 2.36. The Morgan fingerprint density at radius 1 is 1.47 bits per heavy atom. The first kappa shape index (κ1) is 15.2. The van der Waals surface area contributed by atoms with E-state index in [1.165, 1.54) is 18.2 Å². The summed E-state index contributed by atoms with van der Waals surface area (Å²) in [5.41, 5.74) is -1.64. The molecule has 102 valence electrons. The lowest BCUT2D eigenvalue weighted by Crippen LogP contribution is -2.45. The highest BCUT2D eigenvalue weighted by atomic mass is 35.5. The molecule has 4 nitrogen and oxygen atoms in total. The maximum atomic E-state index is 12.1. The van der Waals surface area contributed by atoms with E-state index in [9.17, 15) is 14.7 Å². The first-order valence-corrected chi connectivity index (χ1v) is 6.15. The molecular formula is C14H15ClO4. The summed E-state index contributed by atoms with van der Waals surface area (Å²) < 4.78 is 4.90. The number of carbonyl (C=O) groups is 2. The van der Waals surface area contributed by atoms with Crippen molar-refractivity contribution in [3.63, 3.8) is 0 Å². The van der Waals surface area contributed by atoms with Crippen molar-refractivity contribution in [3.05, 3.63) is 47.5 Å². The molecule has 0 saturated heterocycles. The molecule has 5 heteroatoms. The van der Waals surface area contributed by atoms with Gasteiger partial charge in [0, 0.05) is 5.02 Å². The van der Waals surface area contributed by atoms with Crippen LogP contribution in [0.3, 0.4) is 0 Å². The van der Waals surface area contributed by atoms with Gasteiger partial charge in [0.2, 0.25) is 0 Å². The zero-order valence-electron chi connectivity index (χ0n) is 10.6. The molecule has 19 heavy (non-hydrogen) atoms. The molecule has 0 aliphatic carbocycles. The summed E-state index contributed by atoms with van der Waals surface area (Å²) in [6.45, 7) is 5.22. The number of aliphatic carboxylic acids is 1. The monoisotopic (exact) mass is 282 g/mol. The van der Waals surface area contributed by atoms with Gasteiger partial charge in [0.1, 0.15) is 0 Å². The third-order valence-corrected chi connectivity index (χ3v) is 3.10. The lowest BCUT2D eigenvalue weighted by molar-refractivity contribution is -0.161. The van der Waals surface area contributed by atoms with Gasteiger partial charge in [-0.3, -0.25) is 9.59 Å². The molecule has 1 atom stereocenters. The summed E-state index contributed by atoms with van der Waals surface area (Å²) in [7, 11) is 0. The molecule has 1 unspecified atom stereocenters. The van der Waals surface area contributed by atoms with Crippen LogP contribution >= 0.6 is 11.6 Å². The van der Waals surface area contributed by atoms with E-state index in [2.05, 4.69) is 6.58 Å². The molecule has 1 N–H and O–H groups in total. The van der Waals surface area contributed by atoms with Crippen LogP contribution in [0.4, 0.5) is 0 Å². The largest absolute Gasteiger partial charge is 0.480 e. The smallest absolute Gasteiger partial charge is 0.328 e. The number of esters is 1. The molecule has 0 radical (unpaired) electrons. The Kier molecular flexibility index (Phi) is 5.12. The minimum atomic E-state index is -1.85. The van der Waals surface area contributed by atoms with Gasteiger partial charge < -0.3 is 9.84 Å². The maximum absolute atomic E-state index is 12.1. The Hall–Kier alpha value is -1.81. The van der Waals surface area contributed by atoms with Crippen LogP contribution in [0.2, 0.25) is 5.02 Å². The fraction of sp³-hybridized carbons (Fsp3) is 0.286. The highest BCUT2D eigenvalue weighted by Gasteiger charge is 2.49. The van der Waals surface area contributed by atoms with E-state index in [-0.39, 0.29) is 23.6 Å². The quantitative estimate of drug-likeness (QED) is 0.495. The van der Waals surface area contributed by atoms with Gasteiger partial charge in [-0.25, -0.2) is 0 Å². The third kappa shape index (κ3) is 2.79. The Bertz CT molecular complexity index is 498. The summed E-state index contributed by atoms with van der Waals surface area (Å²) in [5.74, 6) is -2.14. The molecule has 1 aromatic carbocycles. The number of carboxylic acid groups (broad SMARTS) is 1. The van der Waals surface area contributed by atoms with Gasteiger partial charge in [-0.1, -0.05) is 35.9 Å². The fourth-order valence-electron chi connectivity index (χ4n) is 1.87. The van der Waals surface area contributed by atoms with E-state index in [1.54, 1.807) is 19.1 Å². The Morgan fingerprint density at radius 2 is 2.11 bits per heavy atom. The Labute approximate surface area is 116 Å². The Morgan fingerprint density at radius 3 is 2.58 bits per heavy atom. The predicted octanol–water partition coefficient (Wildman–Crippen LogP) is 2.80. The average molecular weight is 283 g/mol. The van der Waals surface area contributed by atoms with Crippen LogP contribution in [0, 0.1) is 0 Å². The topological polar surface area (TPSA) is 63.6 Å². The molecule has 0 aromatic heterocycles. The third-order valence-electron chi connectivity index (χ3n) is 2.77. The van der Waals surface area contributed by atoms with Crippen molar-refractivity contribution in [1.82, 2.24) is 0 Å². The summed E-state index contributed by atoms with van der Waals surface area (Å²) >= 11 is 6.03. The Balaban J connectivity index is 3.48. The van der Waals surface area contributed by atoms with Gasteiger partial charge in [0.25, 0.3) is 0 Å². The second-order valence-corrected chi connectivity index (χ2v) is 4.31. The van der Waals surface area contributed by atoms with Gasteiger partial charge in [0.15, 0.2) is 5.41 Å². The fourth-order valence-corrected chi connectivity index (χ4v) is 2.17. The number of hydrogen-bond acceptors (Lipinski definition) is 3. The van der Waals surface area contributed by atoms with Crippen LogP contribution < -0.4 is 0 Å². The van der Waals surface area contributed by atoms with Gasteiger partial charge in [-0.15, -0.1) is 6.58 Å². The van der Waals surface area contributed by atoms with E-state index in [1.807, 2.05) is 0 Å². The second-order valence-electron chi connectivity index (χ2n) is 3.90.